The van der Waals surface area contributed by atoms with E-state index in [1.807, 2.05) is 98.8 Å². The van der Waals surface area contributed by atoms with Crippen LogP contribution in [0, 0.1) is 35.5 Å². The van der Waals surface area contributed by atoms with Gasteiger partial charge in [0.1, 0.15) is 17.2 Å². The number of fused-ring (bicyclic) bond motifs is 12. The maximum atomic E-state index is 13.8. The maximum Gasteiger partial charge on any atom is 0.280 e. The first kappa shape index (κ1) is 97.0. The second-order valence-corrected chi connectivity index (χ2v) is 41.5. The smallest absolute Gasteiger partial charge is 0.280 e. The number of nitrogens with zero attached hydrogens (tertiary/aromatic N) is 7. The standard InChI is InChI=1S/C37H48ClN3O4.C35H44ClN3O6.C35H44ClN3O4/c1-25-21-37(43,35(42)39(2)3)28-12-16-34-32(20-28)41(22-27-11-14-30(27)33(44-5)10-6-7-18-40(25)4)23-36(24-45-34)17-8-9-26-19-29(38)13-15-31(26)36;1-38-16-5-4-8-30(43-2)27-12-9-24(27)20-39-21-34(15-6-7-23-17-26(36)11-13-28(23)34)22-45-31-14-10-25(18-29(31)39)35(42,19-32(38)40)33(41)37-44-3;1-23-19-35(41,33(37)40)26-10-14-32-30(18-26)39(20-25-9-12-28(25)31(42-3)8-4-5-16-38(23)2)21-34(22-43-32)15-6-7-24-17-27(36)11-13-29(24)34/h6,10,12-13,15-16,19-20,27,30,33,43H,1,7-9,11,14,17-18,21-24H2,2-5H3;4,8,10-11,13-14,17-18,24,27,30,42H,5-7,9,12,15-16,19-22H2,1-3H3,(H,37,41);4,8,10-11,13-14,17-18,25,28,31,41H,1,5-7,9,12,15-16,19-22H2,2-3H3,(H2,37,40)/b10-6+;2*8-4+/t27-,30+,33-,36-,37+;24-,27+,30-,34-,35+;25-,28+,31-,34-,35+/m000/s1. The Balaban J connectivity index is 0.000000145. The number of aryl methyl sites for hydroxylation is 3. The van der Waals surface area contributed by atoms with E-state index in [-0.39, 0.29) is 59.2 Å². The molecule has 6 aliphatic carbocycles. The first-order valence-electron chi connectivity index (χ1n) is 47.9. The topological polar surface area (TPSA) is 254 Å². The molecule has 18 rings (SSSR count). The van der Waals surface area contributed by atoms with E-state index in [1.165, 1.54) is 45.4 Å². The number of ether oxygens (including phenoxy) is 6. The molecule has 6 aromatic carbocycles. The van der Waals surface area contributed by atoms with Crippen LogP contribution in [0.3, 0.4) is 0 Å². The van der Waals surface area contributed by atoms with Crippen LogP contribution in [0.1, 0.15) is 166 Å². The van der Waals surface area contributed by atoms with Crippen molar-refractivity contribution in [3.8, 4) is 17.2 Å². The van der Waals surface area contributed by atoms with Crippen molar-refractivity contribution in [3.63, 3.8) is 0 Å². The number of benzene rings is 6. The number of likely N-dealkylation sites (N-methyl/N-ethyl adjacent to an activating group) is 1. The van der Waals surface area contributed by atoms with Gasteiger partial charge >= 0.3 is 0 Å². The molecule has 6 aromatic rings. The Kier molecular flexibility index (Phi) is 29.7. The third-order valence-corrected chi connectivity index (χ3v) is 32.6. The summed E-state index contributed by atoms with van der Waals surface area (Å²) in [5.41, 5.74) is 14.7. The lowest BCUT2D eigenvalue weighted by molar-refractivity contribution is -0.158. The third kappa shape index (κ3) is 19.8. The molecule has 0 radical (unpaired) electrons. The maximum absolute atomic E-state index is 13.8. The fourth-order valence-corrected chi connectivity index (χ4v) is 24.1. The number of amides is 4. The number of carbonyl (C=O) groups excluding carboxylic acids is 4. The molecule has 15 atom stereocenters. The van der Waals surface area contributed by atoms with Gasteiger partial charge in [-0.05, 0) is 274 Å². The third-order valence-electron chi connectivity index (χ3n) is 31.9. The van der Waals surface area contributed by atoms with Gasteiger partial charge in [-0.15, -0.1) is 0 Å². The highest BCUT2D eigenvalue weighted by Gasteiger charge is 2.52. The van der Waals surface area contributed by atoms with Gasteiger partial charge in [-0.3, -0.25) is 24.0 Å². The Bertz CT molecular complexity index is 5400. The van der Waals surface area contributed by atoms with Crippen LogP contribution in [0.25, 0.3) is 0 Å². The molecule has 6 bridgehead atoms. The van der Waals surface area contributed by atoms with Gasteiger partial charge in [0.2, 0.25) is 5.91 Å². The number of nitrogens with one attached hydrogen (secondary N) is 1. The van der Waals surface area contributed by atoms with Crippen molar-refractivity contribution < 1.29 is 67.8 Å². The molecular weight excluding hydrogens is 1740 g/mol. The fourth-order valence-electron chi connectivity index (χ4n) is 23.6. The zero-order valence-electron chi connectivity index (χ0n) is 79.0. The number of rotatable bonds is 7. The molecule has 714 valence electrons. The Labute approximate surface area is 800 Å². The van der Waals surface area contributed by atoms with Gasteiger partial charge < -0.3 is 83.8 Å². The number of hydrogen-bond donors (Lipinski definition) is 5. The molecule has 6 N–H and O–H groups in total. The molecule has 0 aromatic heterocycles. The SMILES string of the molecule is C=C1C[C@](O)(C(=O)N(C)C)c2ccc3c(c2)N(C[C@@H]2CC[C@H]2[C@@H](OC)/C=C/CCN1C)C[C@@]1(CCCc2cc(Cl)ccc21)CO3.C=C1C[C@](O)(C(N)=O)c2ccc3c(c2)N(C[C@@H]2CC[C@H]2[C@@H](OC)/C=C/CCN1C)C[C@@]1(CCCc2cc(Cl)ccc21)CO3.CONC(=O)[C@@]1(O)CC(=O)N(C)CC/C=C/[C@H](OC)[C@@H]2CC[C@H]2CN2C[C@@]3(CCCc4cc(Cl)ccc43)COc3ccc1cc32. The summed E-state index contributed by atoms with van der Waals surface area (Å²) in [6.07, 6.45) is 30.9. The quantitative estimate of drug-likeness (QED) is 0.0735. The van der Waals surface area contributed by atoms with Crippen molar-refractivity contribution in [2.45, 2.75) is 186 Å². The molecule has 3 spiro atoms. The molecule has 3 saturated carbocycles. The van der Waals surface area contributed by atoms with Crippen molar-refractivity contribution in [1.82, 2.24) is 25.1 Å². The Morgan fingerprint density at radius 3 is 1.15 bits per heavy atom. The largest absolute Gasteiger partial charge is 0.490 e. The zero-order chi connectivity index (χ0) is 94.1. The normalized spacial score (nSPS) is 31.1. The number of halogens is 3. The summed E-state index contributed by atoms with van der Waals surface area (Å²) in [5, 5.41) is 38.4. The van der Waals surface area contributed by atoms with Gasteiger partial charge in [0.25, 0.3) is 17.7 Å². The zero-order valence-corrected chi connectivity index (χ0v) is 81.2. The lowest BCUT2D eigenvalue weighted by Gasteiger charge is -2.46. The number of nitrogens with two attached hydrogens (primary N) is 1. The first-order valence-corrected chi connectivity index (χ1v) is 49.0. The monoisotopic (exact) mass is 1880 g/mol. The first-order chi connectivity index (χ1) is 63.8. The molecule has 4 amide bonds. The van der Waals surface area contributed by atoms with Crippen LogP contribution in [0.2, 0.25) is 15.1 Å². The van der Waals surface area contributed by atoms with Crippen molar-refractivity contribution in [2.24, 2.45) is 41.2 Å². The molecule has 0 saturated heterocycles. The number of carbonyl (C=O) groups is 4. The van der Waals surface area contributed by atoms with Gasteiger partial charge in [0.15, 0.2) is 16.8 Å². The van der Waals surface area contributed by atoms with Crippen LogP contribution in [0.15, 0.2) is 170 Å². The molecule has 6 aliphatic heterocycles. The summed E-state index contributed by atoms with van der Waals surface area (Å²) in [6.45, 7) is 16.7. The molecule has 26 heteroatoms. The Morgan fingerprint density at radius 1 is 0.474 bits per heavy atom. The van der Waals surface area contributed by atoms with E-state index in [4.69, 9.17) is 73.8 Å². The van der Waals surface area contributed by atoms with Gasteiger partial charge in [-0.1, -0.05) is 121 Å². The molecule has 12 aliphatic rings. The van der Waals surface area contributed by atoms with Crippen LogP contribution < -0.4 is 40.1 Å². The Hall–Kier alpha value is -9.11. The van der Waals surface area contributed by atoms with Crippen LogP contribution in [0.4, 0.5) is 17.1 Å². The number of hydroxylamine groups is 1. The van der Waals surface area contributed by atoms with E-state index < -0.39 is 35.0 Å². The molecule has 0 unspecified atom stereocenters. The summed E-state index contributed by atoms with van der Waals surface area (Å²) in [4.78, 5) is 72.7. The number of hydrogen-bond acceptors (Lipinski definition) is 19. The van der Waals surface area contributed by atoms with E-state index in [0.29, 0.717) is 115 Å². The van der Waals surface area contributed by atoms with E-state index >= 15 is 0 Å². The second kappa shape index (κ2) is 40.7. The average molecular weight is 1880 g/mol. The average Bonchev–Trinajstić information content (AvgIpc) is 1.65. The van der Waals surface area contributed by atoms with E-state index in [0.717, 1.165) is 192 Å². The van der Waals surface area contributed by atoms with Crippen LogP contribution in [-0.4, -0.2) is 219 Å². The lowest BCUT2D eigenvalue weighted by Crippen LogP contribution is -2.50. The van der Waals surface area contributed by atoms with Gasteiger partial charge in [-0.25, -0.2) is 5.48 Å². The number of methoxy groups -OCH3 is 3. The summed E-state index contributed by atoms with van der Waals surface area (Å²) in [5.74, 6) is 2.35. The molecule has 133 heavy (non-hydrogen) atoms. The number of aliphatic hydroxyl groups is 3. The summed E-state index contributed by atoms with van der Waals surface area (Å²) in [7, 11) is 15.7. The highest BCUT2D eigenvalue weighted by molar-refractivity contribution is 6.31. The van der Waals surface area contributed by atoms with Crippen molar-refractivity contribution >= 4 is 75.5 Å². The molecule has 6 heterocycles. The van der Waals surface area contributed by atoms with Crippen molar-refractivity contribution in [3.05, 3.63) is 235 Å². The molecular formula is C107H136Cl3N9O14. The van der Waals surface area contributed by atoms with Crippen LogP contribution in [-0.2, 0) is 90.5 Å². The van der Waals surface area contributed by atoms with E-state index in [9.17, 15) is 34.5 Å². The highest BCUT2D eigenvalue weighted by atomic mass is 35.5. The van der Waals surface area contributed by atoms with Crippen LogP contribution in [0.5, 0.6) is 17.2 Å². The second-order valence-electron chi connectivity index (χ2n) is 40.2. The summed E-state index contributed by atoms with van der Waals surface area (Å²) in [6, 6.07) is 35.6. The minimum atomic E-state index is -2.16. The van der Waals surface area contributed by atoms with Gasteiger partial charge in [-0.2, -0.15) is 0 Å². The molecule has 3 fully saturated rings. The molecule has 23 nitrogen and oxygen atoms in total. The van der Waals surface area contributed by atoms with Crippen molar-refractivity contribution in [2.75, 3.05) is 157 Å². The fraction of sp³-hybridized carbons (Fsp3) is 0.533. The van der Waals surface area contributed by atoms with E-state index in [2.05, 4.69) is 106 Å². The lowest BCUT2D eigenvalue weighted by atomic mass is 9.68. The van der Waals surface area contributed by atoms with Gasteiger partial charge in [0, 0.05) is 171 Å². The number of anilines is 3. The van der Waals surface area contributed by atoms with Gasteiger partial charge in [0.05, 0.1) is 68.7 Å². The Morgan fingerprint density at radius 2 is 0.820 bits per heavy atom. The minimum absolute atomic E-state index is 0.00561. The number of primary amides is 1. The highest BCUT2D eigenvalue weighted by Crippen LogP contribution is 2.54. The predicted octanol–water partition coefficient (Wildman–Crippen LogP) is 15.8. The van der Waals surface area contributed by atoms with Crippen LogP contribution >= 0.6 is 34.8 Å². The predicted molar refractivity (Wildman–Crippen MR) is 523 cm³/mol. The summed E-state index contributed by atoms with van der Waals surface area (Å²) >= 11 is 19.3. The minimum Gasteiger partial charge on any atom is -0.490 e. The van der Waals surface area contributed by atoms with Crippen molar-refractivity contribution in [1.29, 1.82) is 0 Å². The van der Waals surface area contributed by atoms with E-state index in [1.54, 1.807) is 45.3 Å². The summed E-state index contributed by atoms with van der Waals surface area (Å²) < 4.78 is 38.1.